The van der Waals surface area contributed by atoms with Gasteiger partial charge in [-0.1, -0.05) is 5.92 Å². The molecule has 0 amide bonds. The van der Waals surface area contributed by atoms with Gasteiger partial charge in [-0.3, -0.25) is 4.79 Å². The first-order valence-corrected chi connectivity index (χ1v) is 4.97. The first-order chi connectivity index (χ1) is 6.72. The lowest BCUT2D eigenvalue weighted by atomic mass is 10.3. The van der Waals surface area contributed by atoms with Crippen molar-refractivity contribution in [3.05, 3.63) is 21.9 Å². The van der Waals surface area contributed by atoms with Crippen LogP contribution in [0.1, 0.15) is 9.75 Å². The van der Waals surface area contributed by atoms with E-state index in [1.807, 2.05) is 12.1 Å². The summed E-state index contributed by atoms with van der Waals surface area (Å²) in [5.41, 5.74) is 0. The topological polar surface area (TPSA) is 49.3 Å². The maximum absolute atomic E-state index is 10.4. The smallest absolute Gasteiger partial charge is 0.308 e. The fraction of sp³-hybridized carbons (Fsp3) is 0.300. The minimum absolute atomic E-state index is 0.0970. The molecule has 3 nitrogen and oxygen atoms in total. The van der Waals surface area contributed by atoms with Crippen molar-refractivity contribution in [2.75, 3.05) is 6.54 Å². The van der Waals surface area contributed by atoms with E-state index in [4.69, 9.17) is 11.5 Å². The second-order valence-electron chi connectivity index (χ2n) is 2.75. The Labute approximate surface area is 86.8 Å². The van der Waals surface area contributed by atoms with E-state index in [1.165, 1.54) is 11.3 Å². The molecule has 0 aromatic carbocycles. The third-order valence-electron chi connectivity index (χ3n) is 1.57. The van der Waals surface area contributed by atoms with Gasteiger partial charge in [0, 0.05) is 16.3 Å². The number of hydrogen-bond donors (Lipinski definition) is 2. The Hall–Kier alpha value is -1.31. The zero-order valence-corrected chi connectivity index (χ0v) is 8.43. The molecule has 0 unspecified atom stereocenters. The van der Waals surface area contributed by atoms with Crippen molar-refractivity contribution >= 4 is 17.3 Å². The van der Waals surface area contributed by atoms with Gasteiger partial charge in [-0.2, -0.15) is 0 Å². The van der Waals surface area contributed by atoms with Crippen molar-refractivity contribution in [2.24, 2.45) is 0 Å². The standard InChI is InChI=1S/C10H11NO2S/c1-2-5-11-7-9-4-3-8(14-9)6-10(12)13/h1,3-4,11H,5-7H2,(H,12,13). The Morgan fingerprint density at radius 3 is 2.93 bits per heavy atom. The van der Waals surface area contributed by atoms with Crippen LogP contribution in [-0.2, 0) is 17.8 Å². The molecule has 1 aromatic rings. The van der Waals surface area contributed by atoms with E-state index in [2.05, 4.69) is 11.2 Å². The van der Waals surface area contributed by atoms with Crippen LogP contribution in [0, 0.1) is 12.3 Å². The number of carbonyl (C=O) groups is 1. The number of rotatable bonds is 5. The van der Waals surface area contributed by atoms with Gasteiger partial charge in [0.15, 0.2) is 0 Å². The highest BCUT2D eigenvalue weighted by molar-refractivity contribution is 7.12. The predicted octanol–water partition coefficient (Wildman–Crippen LogP) is 1.10. The second kappa shape index (κ2) is 5.43. The largest absolute Gasteiger partial charge is 0.481 e. The number of thiophene rings is 1. The molecule has 0 atom stereocenters. The van der Waals surface area contributed by atoms with Crippen LogP contribution in [0.3, 0.4) is 0 Å². The van der Waals surface area contributed by atoms with E-state index in [1.54, 1.807) is 0 Å². The van der Waals surface area contributed by atoms with Crippen molar-refractivity contribution in [2.45, 2.75) is 13.0 Å². The van der Waals surface area contributed by atoms with Gasteiger partial charge in [0.1, 0.15) is 0 Å². The Morgan fingerprint density at radius 2 is 2.29 bits per heavy atom. The van der Waals surface area contributed by atoms with E-state index in [0.29, 0.717) is 13.1 Å². The van der Waals surface area contributed by atoms with E-state index >= 15 is 0 Å². The van der Waals surface area contributed by atoms with Gasteiger partial charge < -0.3 is 10.4 Å². The molecule has 2 N–H and O–H groups in total. The minimum Gasteiger partial charge on any atom is -0.481 e. The molecule has 4 heteroatoms. The number of carboxylic acids is 1. The lowest BCUT2D eigenvalue weighted by Crippen LogP contribution is -2.11. The quantitative estimate of drug-likeness (QED) is 0.564. The van der Waals surface area contributed by atoms with E-state index < -0.39 is 5.97 Å². The number of aliphatic carboxylic acids is 1. The summed E-state index contributed by atoms with van der Waals surface area (Å²) in [5, 5.41) is 11.6. The number of nitrogens with one attached hydrogen (secondary N) is 1. The zero-order valence-electron chi connectivity index (χ0n) is 7.62. The lowest BCUT2D eigenvalue weighted by Gasteiger charge is -1.95. The molecule has 0 aliphatic heterocycles. The summed E-state index contributed by atoms with van der Waals surface area (Å²) < 4.78 is 0. The van der Waals surface area contributed by atoms with E-state index in [9.17, 15) is 4.79 Å². The average Bonchev–Trinajstić information content (AvgIpc) is 2.52. The van der Waals surface area contributed by atoms with Crippen molar-refractivity contribution < 1.29 is 9.90 Å². The van der Waals surface area contributed by atoms with Gasteiger partial charge in [-0.15, -0.1) is 17.8 Å². The molecule has 0 aliphatic rings. The van der Waals surface area contributed by atoms with Gasteiger partial charge in [0.2, 0.25) is 0 Å². The number of terminal acetylenes is 1. The first-order valence-electron chi connectivity index (χ1n) is 4.16. The molecule has 0 fully saturated rings. The molecule has 0 aliphatic carbocycles. The highest BCUT2D eigenvalue weighted by atomic mass is 32.1. The average molecular weight is 209 g/mol. The van der Waals surface area contributed by atoms with Crippen LogP contribution in [-0.4, -0.2) is 17.6 Å². The monoisotopic (exact) mass is 209 g/mol. The second-order valence-corrected chi connectivity index (χ2v) is 4.00. The molecule has 0 spiro atoms. The fourth-order valence-corrected chi connectivity index (χ4v) is 2.00. The van der Waals surface area contributed by atoms with Crippen LogP contribution in [0.25, 0.3) is 0 Å². The van der Waals surface area contributed by atoms with E-state index in [-0.39, 0.29) is 6.42 Å². The fourth-order valence-electron chi connectivity index (χ4n) is 1.02. The molecule has 0 saturated carbocycles. The summed E-state index contributed by atoms with van der Waals surface area (Å²) in [7, 11) is 0. The third kappa shape index (κ3) is 3.60. The highest BCUT2D eigenvalue weighted by Crippen LogP contribution is 2.16. The molecule has 74 valence electrons. The lowest BCUT2D eigenvalue weighted by molar-refractivity contribution is -0.136. The Morgan fingerprint density at radius 1 is 1.57 bits per heavy atom. The van der Waals surface area contributed by atoms with E-state index in [0.717, 1.165) is 9.75 Å². The van der Waals surface area contributed by atoms with Gasteiger partial charge in [-0.05, 0) is 12.1 Å². The Kier molecular flexibility index (Phi) is 4.17. The van der Waals surface area contributed by atoms with Crippen LogP contribution in [0.2, 0.25) is 0 Å². The third-order valence-corrected chi connectivity index (χ3v) is 2.65. The predicted molar refractivity (Wildman–Crippen MR) is 56.2 cm³/mol. The maximum atomic E-state index is 10.4. The molecular weight excluding hydrogens is 198 g/mol. The van der Waals surface area contributed by atoms with Crippen LogP contribution >= 0.6 is 11.3 Å². The van der Waals surface area contributed by atoms with Gasteiger partial charge in [0.05, 0.1) is 13.0 Å². The molecule has 14 heavy (non-hydrogen) atoms. The molecule has 0 saturated heterocycles. The van der Waals surface area contributed by atoms with Crippen LogP contribution in [0.15, 0.2) is 12.1 Å². The van der Waals surface area contributed by atoms with Gasteiger partial charge >= 0.3 is 5.97 Å². The molecular formula is C10H11NO2S. The highest BCUT2D eigenvalue weighted by Gasteiger charge is 2.03. The maximum Gasteiger partial charge on any atom is 0.308 e. The molecule has 1 rings (SSSR count). The number of hydrogen-bond acceptors (Lipinski definition) is 3. The minimum atomic E-state index is -0.796. The van der Waals surface area contributed by atoms with Gasteiger partial charge in [-0.25, -0.2) is 0 Å². The summed E-state index contributed by atoms with van der Waals surface area (Å²) in [6.07, 6.45) is 5.17. The summed E-state index contributed by atoms with van der Waals surface area (Å²) in [5.74, 6) is 1.68. The van der Waals surface area contributed by atoms with Crippen LogP contribution in [0.5, 0.6) is 0 Å². The molecule has 0 bridgehead atoms. The molecule has 1 heterocycles. The molecule has 1 aromatic heterocycles. The summed E-state index contributed by atoms with van der Waals surface area (Å²) in [6.45, 7) is 1.24. The van der Waals surface area contributed by atoms with Crippen molar-refractivity contribution in [1.82, 2.24) is 5.32 Å². The summed E-state index contributed by atoms with van der Waals surface area (Å²) in [6, 6.07) is 3.76. The first kappa shape index (κ1) is 10.8. The summed E-state index contributed by atoms with van der Waals surface area (Å²) in [4.78, 5) is 12.4. The van der Waals surface area contributed by atoms with Crippen molar-refractivity contribution in [1.29, 1.82) is 0 Å². The zero-order chi connectivity index (χ0) is 10.4. The normalized spacial score (nSPS) is 9.64. The van der Waals surface area contributed by atoms with Crippen LogP contribution in [0.4, 0.5) is 0 Å². The Balaban J connectivity index is 2.43. The van der Waals surface area contributed by atoms with Gasteiger partial charge in [0.25, 0.3) is 0 Å². The van der Waals surface area contributed by atoms with Crippen molar-refractivity contribution in [3.63, 3.8) is 0 Å². The SMILES string of the molecule is C#CCNCc1ccc(CC(=O)O)s1. The van der Waals surface area contributed by atoms with Crippen LogP contribution < -0.4 is 5.32 Å². The Bertz CT molecular complexity index is 351. The van der Waals surface area contributed by atoms with Crippen molar-refractivity contribution in [3.8, 4) is 12.3 Å². The molecule has 0 radical (unpaired) electrons. The number of carboxylic acid groups (broad SMARTS) is 1. The summed E-state index contributed by atoms with van der Waals surface area (Å²) >= 11 is 1.50.